The summed E-state index contributed by atoms with van der Waals surface area (Å²) in [6.07, 6.45) is 0. The fraction of sp³-hybridized carbons (Fsp3) is 0.235. The topological polar surface area (TPSA) is 75.3 Å². The number of carbonyl (C=O) groups excluding carboxylic acids is 1. The number of aryl methyl sites for hydroxylation is 1. The minimum absolute atomic E-state index is 0.0388. The lowest BCUT2D eigenvalue weighted by molar-refractivity contribution is 0.0942. The lowest BCUT2D eigenvalue weighted by Crippen LogP contribution is -2.30. The molecule has 134 valence electrons. The third-order valence-electron chi connectivity index (χ3n) is 3.36. The van der Waals surface area contributed by atoms with Gasteiger partial charge in [0.25, 0.3) is 15.9 Å². The van der Waals surface area contributed by atoms with E-state index >= 15 is 0 Å². The number of halogens is 2. The van der Waals surface area contributed by atoms with Crippen molar-refractivity contribution in [3.63, 3.8) is 0 Å². The fourth-order valence-corrected chi connectivity index (χ4v) is 3.62. The van der Waals surface area contributed by atoms with E-state index in [0.717, 1.165) is 0 Å². The van der Waals surface area contributed by atoms with Gasteiger partial charge in [0.15, 0.2) is 0 Å². The normalized spacial score (nSPS) is 11.4. The molecular weight excluding hydrogens is 383 g/mol. The van der Waals surface area contributed by atoms with Gasteiger partial charge in [0.05, 0.1) is 15.6 Å². The molecule has 25 heavy (non-hydrogen) atoms. The van der Waals surface area contributed by atoms with Gasteiger partial charge in [0, 0.05) is 16.6 Å². The molecule has 0 fully saturated rings. The second-order valence-corrected chi connectivity index (χ2v) is 8.36. The number of carbonyl (C=O) groups is 1. The molecule has 0 bridgehead atoms. The second-order valence-electron chi connectivity index (χ2n) is 5.83. The summed E-state index contributed by atoms with van der Waals surface area (Å²) < 4.78 is 27.7. The smallest absolute Gasteiger partial charge is 0.261 e. The van der Waals surface area contributed by atoms with Crippen molar-refractivity contribution in [1.29, 1.82) is 0 Å². The van der Waals surface area contributed by atoms with Gasteiger partial charge >= 0.3 is 0 Å². The summed E-state index contributed by atoms with van der Waals surface area (Å²) in [5.41, 5.74) is 1.15. The zero-order valence-corrected chi connectivity index (χ0v) is 16.3. The minimum Gasteiger partial charge on any atom is -0.350 e. The van der Waals surface area contributed by atoms with Crippen molar-refractivity contribution in [3.8, 4) is 0 Å². The van der Waals surface area contributed by atoms with E-state index in [1.807, 2.05) is 13.8 Å². The Kier molecular flexibility index (Phi) is 5.98. The van der Waals surface area contributed by atoms with Gasteiger partial charge in [-0.2, -0.15) is 0 Å². The maximum atomic E-state index is 12.6. The molecule has 2 aromatic carbocycles. The van der Waals surface area contributed by atoms with Crippen LogP contribution in [0, 0.1) is 6.92 Å². The van der Waals surface area contributed by atoms with Gasteiger partial charge in [-0.25, -0.2) is 8.42 Å². The number of nitrogens with one attached hydrogen (secondary N) is 2. The second kappa shape index (κ2) is 7.64. The first-order chi connectivity index (χ1) is 11.6. The zero-order chi connectivity index (χ0) is 18.8. The average Bonchev–Trinajstić information content (AvgIpc) is 2.50. The van der Waals surface area contributed by atoms with Crippen LogP contribution in [-0.4, -0.2) is 20.4 Å². The van der Waals surface area contributed by atoms with Crippen LogP contribution in [0.2, 0.25) is 10.0 Å². The molecule has 2 aromatic rings. The van der Waals surface area contributed by atoms with Gasteiger partial charge in [-0.1, -0.05) is 29.3 Å². The number of benzene rings is 2. The maximum absolute atomic E-state index is 12.6. The molecule has 0 aliphatic carbocycles. The summed E-state index contributed by atoms with van der Waals surface area (Å²) in [7, 11) is -3.93. The van der Waals surface area contributed by atoms with Crippen molar-refractivity contribution in [2.45, 2.75) is 31.7 Å². The Balaban J connectivity index is 2.39. The standard InChI is InChI=1S/C17H18Cl2N2O3S/c1-10(2)20-17(22)14-9-13(6-4-11(14)3)25(23,24)21-16-8-12(18)5-7-15(16)19/h4-10,21H,1-3H3,(H,20,22). The molecule has 0 saturated heterocycles. The van der Waals surface area contributed by atoms with E-state index in [0.29, 0.717) is 16.1 Å². The van der Waals surface area contributed by atoms with Crippen molar-refractivity contribution in [3.05, 3.63) is 57.6 Å². The fourth-order valence-electron chi connectivity index (χ4n) is 2.13. The Morgan fingerprint density at radius 2 is 1.76 bits per heavy atom. The summed E-state index contributed by atoms with van der Waals surface area (Å²) >= 11 is 11.9. The van der Waals surface area contributed by atoms with E-state index in [4.69, 9.17) is 23.2 Å². The SMILES string of the molecule is Cc1ccc(S(=O)(=O)Nc2cc(Cl)ccc2Cl)cc1C(=O)NC(C)C. The van der Waals surface area contributed by atoms with E-state index in [1.54, 1.807) is 19.1 Å². The van der Waals surface area contributed by atoms with Crippen LogP contribution >= 0.6 is 23.2 Å². The molecule has 0 aliphatic heterocycles. The van der Waals surface area contributed by atoms with Crippen molar-refractivity contribution in [2.24, 2.45) is 0 Å². The van der Waals surface area contributed by atoms with Crippen molar-refractivity contribution in [1.82, 2.24) is 5.32 Å². The molecular formula is C17H18Cl2N2O3S. The van der Waals surface area contributed by atoms with Gasteiger partial charge < -0.3 is 5.32 Å². The number of rotatable bonds is 5. The Bertz CT molecular complexity index is 912. The van der Waals surface area contributed by atoms with Gasteiger partial charge in [0.1, 0.15) is 0 Å². The highest BCUT2D eigenvalue weighted by atomic mass is 35.5. The monoisotopic (exact) mass is 400 g/mol. The number of amides is 1. The van der Waals surface area contributed by atoms with E-state index in [-0.39, 0.29) is 27.6 Å². The van der Waals surface area contributed by atoms with Crippen molar-refractivity contribution < 1.29 is 13.2 Å². The molecule has 0 spiro atoms. The number of sulfonamides is 1. The van der Waals surface area contributed by atoms with Gasteiger partial charge in [-0.3, -0.25) is 9.52 Å². The van der Waals surface area contributed by atoms with E-state index in [2.05, 4.69) is 10.0 Å². The van der Waals surface area contributed by atoms with Crippen LogP contribution in [-0.2, 0) is 10.0 Å². The average molecular weight is 401 g/mol. The number of anilines is 1. The molecule has 0 aliphatic rings. The highest BCUT2D eigenvalue weighted by molar-refractivity contribution is 7.92. The third-order valence-corrected chi connectivity index (χ3v) is 5.28. The van der Waals surface area contributed by atoms with Crippen molar-refractivity contribution in [2.75, 3.05) is 4.72 Å². The van der Waals surface area contributed by atoms with E-state index < -0.39 is 10.0 Å². The van der Waals surface area contributed by atoms with Crippen molar-refractivity contribution >= 4 is 44.8 Å². The predicted molar refractivity (Wildman–Crippen MR) is 101 cm³/mol. The predicted octanol–water partition coefficient (Wildman–Crippen LogP) is 4.24. The van der Waals surface area contributed by atoms with Gasteiger partial charge in [0.2, 0.25) is 0 Å². The molecule has 2 N–H and O–H groups in total. The van der Waals surface area contributed by atoms with Gasteiger partial charge in [-0.15, -0.1) is 0 Å². The first-order valence-electron chi connectivity index (χ1n) is 7.49. The van der Waals surface area contributed by atoms with Crippen LogP contribution in [0.4, 0.5) is 5.69 Å². The summed E-state index contributed by atoms with van der Waals surface area (Å²) in [5, 5.41) is 3.32. The summed E-state index contributed by atoms with van der Waals surface area (Å²) in [6, 6.07) is 8.78. The number of hydrogen-bond donors (Lipinski definition) is 2. The van der Waals surface area contributed by atoms with E-state index in [1.165, 1.54) is 24.3 Å². The zero-order valence-electron chi connectivity index (χ0n) is 13.9. The van der Waals surface area contributed by atoms with Gasteiger partial charge in [-0.05, 0) is 56.7 Å². The molecule has 0 radical (unpaired) electrons. The lowest BCUT2D eigenvalue weighted by atomic mass is 10.1. The summed E-state index contributed by atoms with van der Waals surface area (Å²) in [5.74, 6) is -0.328. The first kappa shape index (κ1) is 19.6. The third kappa shape index (κ3) is 4.87. The lowest BCUT2D eigenvalue weighted by Gasteiger charge is -2.13. The van der Waals surface area contributed by atoms with Crippen LogP contribution in [0.1, 0.15) is 29.8 Å². The molecule has 0 unspecified atom stereocenters. The minimum atomic E-state index is -3.93. The number of hydrogen-bond acceptors (Lipinski definition) is 3. The van der Waals surface area contributed by atoms with Crippen LogP contribution < -0.4 is 10.0 Å². The Labute approximate surface area is 157 Å². The van der Waals surface area contributed by atoms with Crippen LogP contribution in [0.25, 0.3) is 0 Å². The highest BCUT2D eigenvalue weighted by Gasteiger charge is 2.19. The highest BCUT2D eigenvalue weighted by Crippen LogP contribution is 2.28. The Morgan fingerprint density at radius 1 is 1.08 bits per heavy atom. The Hall–Kier alpha value is -1.76. The molecule has 5 nitrogen and oxygen atoms in total. The molecule has 0 heterocycles. The summed E-state index contributed by atoms with van der Waals surface area (Å²) in [4.78, 5) is 12.2. The molecule has 8 heteroatoms. The molecule has 2 rings (SSSR count). The first-order valence-corrected chi connectivity index (χ1v) is 9.73. The summed E-state index contributed by atoms with van der Waals surface area (Å²) in [6.45, 7) is 5.40. The van der Waals surface area contributed by atoms with Crippen LogP contribution in [0.3, 0.4) is 0 Å². The molecule has 1 amide bonds. The molecule has 0 aromatic heterocycles. The maximum Gasteiger partial charge on any atom is 0.261 e. The van der Waals surface area contributed by atoms with Crippen LogP contribution in [0.15, 0.2) is 41.3 Å². The molecule has 0 saturated carbocycles. The van der Waals surface area contributed by atoms with E-state index in [9.17, 15) is 13.2 Å². The Morgan fingerprint density at radius 3 is 2.40 bits per heavy atom. The van der Waals surface area contributed by atoms with Crippen LogP contribution in [0.5, 0.6) is 0 Å². The quantitative estimate of drug-likeness (QED) is 0.787. The molecule has 0 atom stereocenters. The largest absolute Gasteiger partial charge is 0.350 e.